The van der Waals surface area contributed by atoms with Gasteiger partial charge in [-0.3, -0.25) is 10.1 Å². The first-order valence-corrected chi connectivity index (χ1v) is 6.69. The maximum absolute atomic E-state index is 13.5. The number of nitrogens with one attached hydrogen (secondary N) is 1. The second kappa shape index (κ2) is 5.88. The van der Waals surface area contributed by atoms with Crippen molar-refractivity contribution in [2.45, 2.75) is 13.0 Å². The summed E-state index contributed by atoms with van der Waals surface area (Å²) in [6.07, 6.45) is -1.19. The van der Waals surface area contributed by atoms with Gasteiger partial charge in [-0.05, 0) is 25.1 Å². The Bertz CT molecular complexity index is 728. The van der Waals surface area contributed by atoms with Crippen molar-refractivity contribution < 1.29 is 23.5 Å². The van der Waals surface area contributed by atoms with Crippen LogP contribution in [0.25, 0.3) is 10.1 Å². The number of esters is 1. The molecule has 1 aromatic carbocycles. The fraction of sp³-hybridized carbons (Fsp3) is 0.154. The van der Waals surface area contributed by atoms with E-state index in [0.29, 0.717) is 10.1 Å². The van der Waals surface area contributed by atoms with E-state index < -0.39 is 29.8 Å². The zero-order chi connectivity index (χ0) is 15.6. The zero-order valence-electron chi connectivity index (χ0n) is 10.9. The molecular formula is C13H11FN2O4S. The number of ether oxygens (including phenoxy) is 1. The highest BCUT2D eigenvalue weighted by Crippen LogP contribution is 2.28. The summed E-state index contributed by atoms with van der Waals surface area (Å²) in [7, 11) is 0. The van der Waals surface area contributed by atoms with Crippen molar-refractivity contribution in [1.82, 2.24) is 5.32 Å². The number of nitrogens with two attached hydrogens (primary N) is 1. The molecule has 3 N–H and O–H groups in total. The van der Waals surface area contributed by atoms with Crippen molar-refractivity contribution in [3.63, 3.8) is 0 Å². The molecule has 0 fully saturated rings. The number of imide groups is 1. The van der Waals surface area contributed by atoms with Gasteiger partial charge >= 0.3 is 12.0 Å². The zero-order valence-corrected chi connectivity index (χ0v) is 11.7. The second-order valence-electron chi connectivity index (χ2n) is 4.16. The van der Waals surface area contributed by atoms with E-state index in [2.05, 4.69) is 0 Å². The summed E-state index contributed by atoms with van der Waals surface area (Å²) in [6.45, 7) is 1.30. The normalized spacial score (nSPS) is 11.9. The van der Waals surface area contributed by atoms with Crippen LogP contribution in [0.15, 0.2) is 24.3 Å². The van der Waals surface area contributed by atoms with Gasteiger partial charge in [0.05, 0.1) is 0 Å². The number of carbonyl (C=O) groups excluding carboxylic acids is 3. The number of hydrogen-bond acceptors (Lipinski definition) is 5. The third kappa shape index (κ3) is 3.34. The number of halogens is 1. The van der Waals surface area contributed by atoms with E-state index in [1.165, 1.54) is 25.1 Å². The lowest BCUT2D eigenvalue weighted by atomic mass is 10.2. The van der Waals surface area contributed by atoms with Crippen molar-refractivity contribution in [2.24, 2.45) is 5.73 Å². The Kier molecular flexibility index (Phi) is 4.18. The standard InChI is InChI=1S/C13H11FN2O4S/c1-6(11(17)16-13(15)19)20-12(18)10-5-7-8(14)3-2-4-9(7)21-10/h2-6H,1H3,(H3,15,16,17,19)/t6-/m0/s1. The van der Waals surface area contributed by atoms with Crippen LogP contribution in [-0.2, 0) is 9.53 Å². The Morgan fingerprint density at radius 1 is 1.38 bits per heavy atom. The van der Waals surface area contributed by atoms with Crippen LogP contribution in [0.4, 0.5) is 9.18 Å². The van der Waals surface area contributed by atoms with Crippen molar-refractivity contribution in [3.8, 4) is 0 Å². The van der Waals surface area contributed by atoms with Gasteiger partial charge in [0, 0.05) is 10.1 Å². The van der Waals surface area contributed by atoms with Crippen LogP contribution in [0, 0.1) is 5.82 Å². The molecule has 110 valence electrons. The number of fused-ring (bicyclic) bond motifs is 1. The lowest BCUT2D eigenvalue weighted by molar-refractivity contribution is -0.127. The molecule has 21 heavy (non-hydrogen) atoms. The molecule has 2 rings (SSSR count). The number of amides is 3. The molecule has 3 amide bonds. The summed E-state index contributed by atoms with van der Waals surface area (Å²) in [5.74, 6) is -2.05. The van der Waals surface area contributed by atoms with Crippen LogP contribution in [0.1, 0.15) is 16.6 Å². The van der Waals surface area contributed by atoms with Gasteiger partial charge in [0.1, 0.15) is 10.7 Å². The number of primary amides is 1. The molecule has 8 heteroatoms. The Balaban J connectivity index is 2.13. The Hall–Kier alpha value is -2.48. The summed E-state index contributed by atoms with van der Waals surface area (Å²) in [4.78, 5) is 34.0. The van der Waals surface area contributed by atoms with E-state index in [9.17, 15) is 18.8 Å². The molecule has 0 saturated carbocycles. The lowest BCUT2D eigenvalue weighted by Crippen LogP contribution is -2.42. The van der Waals surface area contributed by atoms with Gasteiger partial charge in [0.25, 0.3) is 5.91 Å². The fourth-order valence-corrected chi connectivity index (χ4v) is 2.58. The minimum Gasteiger partial charge on any atom is -0.448 e. The molecule has 0 unspecified atom stereocenters. The van der Waals surface area contributed by atoms with Gasteiger partial charge in [0.2, 0.25) is 0 Å². The van der Waals surface area contributed by atoms with Gasteiger partial charge in [-0.15, -0.1) is 11.3 Å². The molecule has 0 spiro atoms. The SMILES string of the molecule is C[C@H](OC(=O)c1cc2c(F)cccc2s1)C(=O)NC(N)=O. The van der Waals surface area contributed by atoms with Crippen LogP contribution in [-0.4, -0.2) is 24.0 Å². The number of carbonyl (C=O) groups is 3. The van der Waals surface area contributed by atoms with Crippen LogP contribution in [0.2, 0.25) is 0 Å². The van der Waals surface area contributed by atoms with Crippen molar-refractivity contribution >= 4 is 39.3 Å². The molecule has 0 aliphatic carbocycles. The third-order valence-electron chi connectivity index (χ3n) is 2.61. The maximum Gasteiger partial charge on any atom is 0.349 e. The average Bonchev–Trinajstić information content (AvgIpc) is 2.83. The van der Waals surface area contributed by atoms with E-state index in [0.717, 1.165) is 11.3 Å². The molecule has 0 saturated heterocycles. The summed E-state index contributed by atoms with van der Waals surface area (Å²) < 4.78 is 19.0. The monoisotopic (exact) mass is 310 g/mol. The van der Waals surface area contributed by atoms with Crippen molar-refractivity contribution in [3.05, 3.63) is 35.0 Å². The Morgan fingerprint density at radius 3 is 2.71 bits per heavy atom. The molecule has 1 aromatic heterocycles. The maximum atomic E-state index is 13.5. The number of hydrogen-bond donors (Lipinski definition) is 2. The molecule has 2 aromatic rings. The minimum absolute atomic E-state index is 0.161. The molecule has 6 nitrogen and oxygen atoms in total. The predicted molar refractivity (Wildman–Crippen MR) is 74.4 cm³/mol. The summed E-state index contributed by atoms with van der Waals surface area (Å²) in [5, 5.41) is 2.11. The fourth-order valence-electron chi connectivity index (χ4n) is 1.62. The Labute approximate surface area is 122 Å². The van der Waals surface area contributed by atoms with Crippen LogP contribution in [0.3, 0.4) is 0 Å². The van der Waals surface area contributed by atoms with Crippen molar-refractivity contribution in [1.29, 1.82) is 0 Å². The van der Waals surface area contributed by atoms with Gasteiger partial charge < -0.3 is 10.5 Å². The molecule has 1 heterocycles. The highest BCUT2D eigenvalue weighted by Gasteiger charge is 2.21. The second-order valence-corrected chi connectivity index (χ2v) is 5.25. The molecule has 0 aliphatic heterocycles. The van der Waals surface area contributed by atoms with Crippen LogP contribution >= 0.6 is 11.3 Å². The highest BCUT2D eigenvalue weighted by atomic mass is 32.1. The third-order valence-corrected chi connectivity index (χ3v) is 3.69. The first kappa shape index (κ1) is 14.9. The smallest absolute Gasteiger partial charge is 0.349 e. The highest BCUT2D eigenvalue weighted by molar-refractivity contribution is 7.20. The van der Waals surface area contributed by atoms with Crippen molar-refractivity contribution in [2.75, 3.05) is 0 Å². The lowest BCUT2D eigenvalue weighted by Gasteiger charge is -2.10. The minimum atomic E-state index is -1.19. The van der Waals surface area contributed by atoms with E-state index in [4.69, 9.17) is 10.5 Å². The predicted octanol–water partition coefficient (Wildman–Crippen LogP) is 1.78. The topological polar surface area (TPSA) is 98.5 Å². The van der Waals surface area contributed by atoms with Gasteiger partial charge in [0.15, 0.2) is 6.10 Å². The summed E-state index contributed by atoms with van der Waals surface area (Å²) in [5.41, 5.74) is 4.79. The average molecular weight is 310 g/mol. The van der Waals surface area contributed by atoms with E-state index in [1.54, 1.807) is 11.4 Å². The van der Waals surface area contributed by atoms with Crippen LogP contribution < -0.4 is 11.1 Å². The quantitative estimate of drug-likeness (QED) is 0.844. The number of thiophene rings is 1. The molecule has 1 atom stereocenters. The van der Waals surface area contributed by atoms with Gasteiger partial charge in [-0.25, -0.2) is 14.0 Å². The first-order valence-electron chi connectivity index (χ1n) is 5.88. The largest absolute Gasteiger partial charge is 0.448 e. The molecular weight excluding hydrogens is 299 g/mol. The summed E-state index contributed by atoms with van der Waals surface area (Å²) >= 11 is 1.05. The number of benzene rings is 1. The summed E-state index contributed by atoms with van der Waals surface area (Å²) in [6, 6.07) is 4.81. The van der Waals surface area contributed by atoms with E-state index >= 15 is 0 Å². The number of rotatable bonds is 3. The van der Waals surface area contributed by atoms with Gasteiger partial charge in [-0.2, -0.15) is 0 Å². The molecule has 0 bridgehead atoms. The van der Waals surface area contributed by atoms with E-state index in [1.807, 2.05) is 0 Å². The molecule has 0 aliphatic rings. The number of urea groups is 1. The van der Waals surface area contributed by atoms with Crippen LogP contribution in [0.5, 0.6) is 0 Å². The Morgan fingerprint density at radius 2 is 2.10 bits per heavy atom. The first-order chi connectivity index (χ1) is 9.88. The van der Waals surface area contributed by atoms with E-state index in [-0.39, 0.29) is 4.88 Å². The van der Waals surface area contributed by atoms with Gasteiger partial charge in [-0.1, -0.05) is 6.07 Å². The molecule has 0 radical (unpaired) electrons.